The molecule has 2 aromatic rings. The van der Waals surface area contributed by atoms with E-state index in [9.17, 15) is 0 Å². The van der Waals surface area contributed by atoms with Crippen molar-refractivity contribution in [3.63, 3.8) is 0 Å². The summed E-state index contributed by atoms with van der Waals surface area (Å²) in [5.41, 5.74) is 1.50. The maximum absolute atomic E-state index is 4.32. The highest BCUT2D eigenvalue weighted by Gasteiger charge is 2.09. The van der Waals surface area contributed by atoms with Gasteiger partial charge >= 0.3 is 0 Å². The second kappa shape index (κ2) is 3.72. The molecule has 0 saturated heterocycles. The minimum absolute atomic E-state index is 0.310. The molecule has 0 atom stereocenters. The highest BCUT2D eigenvalue weighted by molar-refractivity contribution is 5.83. The summed E-state index contributed by atoms with van der Waals surface area (Å²) in [5, 5.41) is 6.15. The number of anilines is 2. The van der Waals surface area contributed by atoms with E-state index in [0.29, 0.717) is 12.0 Å². The number of rotatable bonds is 3. The Hall–Kier alpha value is -1.85. The molecule has 0 bridgehead atoms. The van der Waals surface area contributed by atoms with Crippen LogP contribution in [-0.4, -0.2) is 33.0 Å². The Labute approximate surface area is 87.5 Å². The standard InChI is InChI=1S/C9H14N6/c1-5(2)13-8-6-7(12-4-11-6)14-9(10-3)15-8/h4-5H,1-3H3,(H3,10,11,12,13,14,15). The first-order valence-electron chi connectivity index (χ1n) is 4.86. The molecule has 80 valence electrons. The van der Waals surface area contributed by atoms with Crippen molar-refractivity contribution in [2.24, 2.45) is 0 Å². The molecule has 0 aliphatic carbocycles. The summed E-state index contributed by atoms with van der Waals surface area (Å²) >= 11 is 0. The van der Waals surface area contributed by atoms with Crippen LogP contribution in [0.15, 0.2) is 6.33 Å². The van der Waals surface area contributed by atoms with E-state index in [1.807, 2.05) is 0 Å². The van der Waals surface area contributed by atoms with Crippen molar-refractivity contribution in [1.29, 1.82) is 0 Å². The summed E-state index contributed by atoms with van der Waals surface area (Å²) in [4.78, 5) is 15.7. The lowest BCUT2D eigenvalue weighted by atomic mass is 10.4. The van der Waals surface area contributed by atoms with Crippen LogP contribution in [0.25, 0.3) is 11.2 Å². The Bertz CT molecular complexity index is 461. The summed E-state index contributed by atoms with van der Waals surface area (Å²) < 4.78 is 0. The first-order valence-corrected chi connectivity index (χ1v) is 4.86. The third-order valence-electron chi connectivity index (χ3n) is 1.93. The van der Waals surface area contributed by atoms with Crippen molar-refractivity contribution in [2.75, 3.05) is 17.7 Å². The maximum atomic E-state index is 4.32. The van der Waals surface area contributed by atoms with Gasteiger partial charge < -0.3 is 15.6 Å². The minimum Gasteiger partial charge on any atom is -0.366 e. The van der Waals surface area contributed by atoms with Crippen molar-refractivity contribution in [3.8, 4) is 0 Å². The van der Waals surface area contributed by atoms with Gasteiger partial charge in [0.05, 0.1) is 6.33 Å². The number of aromatic nitrogens is 4. The maximum Gasteiger partial charge on any atom is 0.226 e. The van der Waals surface area contributed by atoms with Crippen LogP contribution in [0.3, 0.4) is 0 Å². The Morgan fingerprint density at radius 3 is 2.80 bits per heavy atom. The van der Waals surface area contributed by atoms with Crippen molar-refractivity contribution >= 4 is 22.9 Å². The lowest BCUT2D eigenvalue weighted by molar-refractivity contribution is 0.890. The molecule has 0 spiro atoms. The third-order valence-corrected chi connectivity index (χ3v) is 1.93. The van der Waals surface area contributed by atoms with Crippen LogP contribution >= 0.6 is 0 Å². The highest BCUT2D eigenvalue weighted by Crippen LogP contribution is 2.18. The number of H-pyrrole nitrogens is 1. The van der Waals surface area contributed by atoms with Gasteiger partial charge in [-0.1, -0.05) is 0 Å². The average Bonchev–Trinajstić information content (AvgIpc) is 2.64. The topological polar surface area (TPSA) is 78.5 Å². The van der Waals surface area contributed by atoms with E-state index in [-0.39, 0.29) is 0 Å². The van der Waals surface area contributed by atoms with E-state index >= 15 is 0 Å². The smallest absolute Gasteiger partial charge is 0.226 e. The second-order valence-electron chi connectivity index (χ2n) is 3.54. The average molecular weight is 206 g/mol. The molecule has 6 nitrogen and oxygen atoms in total. The third kappa shape index (κ3) is 1.83. The quantitative estimate of drug-likeness (QED) is 0.703. The molecule has 3 N–H and O–H groups in total. The summed E-state index contributed by atoms with van der Waals surface area (Å²) in [6.45, 7) is 4.11. The van der Waals surface area contributed by atoms with Gasteiger partial charge in [-0.25, -0.2) is 4.98 Å². The number of hydrogen-bond acceptors (Lipinski definition) is 5. The molecule has 2 rings (SSSR count). The zero-order chi connectivity index (χ0) is 10.8. The summed E-state index contributed by atoms with van der Waals surface area (Å²) in [5.74, 6) is 1.33. The fourth-order valence-electron chi connectivity index (χ4n) is 1.32. The number of aromatic amines is 1. The van der Waals surface area contributed by atoms with Gasteiger partial charge in [-0.2, -0.15) is 9.97 Å². The fourth-order valence-corrected chi connectivity index (χ4v) is 1.32. The molecule has 6 heteroatoms. The molecule has 0 amide bonds. The molecule has 15 heavy (non-hydrogen) atoms. The van der Waals surface area contributed by atoms with Crippen LogP contribution in [0.2, 0.25) is 0 Å². The van der Waals surface area contributed by atoms with Gasteiger partial charge in [-0.05, 0) is 13.8 Å². The molecule has 2 heterocycles. The zero-order valence-corrected chi connectivity index (χ0v) is 9.00. The van der Waals surface area contributed by atoms with Gasteiger partial charge in [0.15, 0.2) is 11.5 Å². The molecule has 0 saturated carbocycles. The van der Waals surface area contributed by atoms with Gasteiger partial charge in [-0.15, -0.1) is 0 Å². The number of imidazole rings is 1. The molecule has 0 unspecified atom stereocenters. The number of hydrogen-bond donors (Lipinski definition) is 3. The Morgan fingerprint density at radius 2 is 2.13 bits per heavy atom. The molecule has 0 radical (unpaired) electrons. The fraction of sp³-hybridized carbons (Fsp3) is 0.444. The molecular formula is C9H14N6. The van der Waals surface area contributed by atoms with E-state index < -0.39 is 0 Å². The van der Waals surface area contributed by atoms with E-state index in [4.69, 9.17) is 0 Å². The minimum atomic E-state index is 0.310. The zero-order valence-electron chi connectivity index (χ0n) is 9.00. The molecule has 2 aromatic heterocycles. The molecule has 0 aliphatic heterocycles. The van der Waals surface area contributed by atoms with E-state index in [0.717, 1.165) is 17.0 Å². The first-order chi connectivity index (χ1) is 7.20. The predicted molar refractivity (Wildman–Crippen MR) is 60.0 cm³/mol. The Morgan fingerprint density at radius 1 is 1.33 bits per heavy atom. The normalized spacial score (nSPS) is 10.9. The lowest BCUT2D eigenvalue weighted by Gasteiger charge is -2.10. The Kier molecular flexibility index (Phi) is 2.40. The number of nitrogens with zero attached hydrogens (tertiary/aromatic N) is 3. The van der Waals surface area contributed by atoms with Crippen LogP contribution in [0.5, 0.6) is 0 Å². The van der Waals surface area contributed by atoms with Gasteiger partial charge in [-0.3, -0.25) is 0 Å². The summed E-state index contributed by atoms with van der Waals surface area (Å²) in [7, 11) is 1.79. The van der Waals surface area contributed by atoms with Crippen molar-refractivity contribution < 1.29 is 0 Å². The largest absolute Gasteiger partial charge is 0.366 e. The van der Waals surface area contributed by atoms with Crippen LogP contribution in [0.4, 0.5) is 11.8 Å². The van der Waals surface area contributed by atoms with Gasteiger partial charge in [0.25, 0.3) is 0 Å². The molecule has 0 aliphatic rings. The summed E-state index contributed by atoms with van der Waals surface area (Å²) in [6.07, 6.45) is 1.62. The second-order valence-corrected chi connectivity index (χ2v) is 3.54. The Balaban J connectivity index is 2.53. The monoisotopic (exact) mass is 206 g/mol. The van der Waals surface area contributed by atoms with Crippen LogP contribution in [0.1, 0.15) is 13.8 Å². The molecule has 0 aromatic carbocycles. The van der Waals surface area contributed by atoms with Crippen molar-refractivity contribution in [2.45, 2.75) is 19.9 Å². The summed E-state index contributed by atoms with van der Waals surface area (Å²) in [6, 6.07) is 0.310. The van der Waals surface area contributed by atoms with Gasteiger partial charge in [0.2, 0.25) is 5.95 Å². The van der Waals surface area contributed by atoms with Gasteiger partial charge in [0, 0.05) is 13.1 Å². The lowest BCUT2D eigenvalue weighted by Crippen LogP contribution is -2.12. The van der Waals surface area contributed by atoms with E-state index in [1.165, 1.54) is 0 Å². The van der Waals surface area contributed by atoms with Crippen molar-refractivity contribution in [3.05, 3.63) is 6.33 Å². The van der Waals surface area contributed by atoms with Crippen LogP contribution < -0.4 is 10.6 Å². The van der Waals surface area contributed by atoms with Crippen LogP contribution in [0, 0.1) is 0 Å². The first kappa shape index (κ1) is 9.70. The SMILES string of the molecule is CNc1nc(NC(C)C)c2nc[nH]c2n1. The molecular weight excluding hydrogens is 192 g/mol. The highest BCUT2D eigenvalue weighted by atomic mass is 15.2. The van der Waals surface area contributed by atoms with E-state index in [1.54, 1.807) is 13.4 Å². The van der Waals surface area contributed by atoms with Crippen molar-refractivity contribution in [1.82, 2.24) is 19.9 Å². The number of fused-ring (bicyclic) bond motifs is 1. The number of nitrogens with one attached hydrogen (secondary N) is 3. The van der Waals surface area contributed by atoms with E-state index in [2.05, 4.69) is 44.4 Å². The predicted octanol–water partition coefficient (Wildman–Crippen LogP) is 1.21. The molecule has 0 fully saturated rings. The van der Waals surface area contributed by atoms with Crippen LogP contribution in [-0.2, 0) is 0 Å². The van der Waals surface area contributed by atoms with Gasteiger partial charge in [0.1, 0.15) is 5.52 Å².